The number of amides is 2. The molecule has 30 heavy (non-hydrogen) atoms. The number of piperidine rings is 1. The van der Waals surface area contributed by atoms with Crippen LogP contribution in [0.2, 0.25) is 0 Å². The van der Waals surface area contributed by atoms with Gasteiger partial charge in [0.25, 0.3) is 5.91 Å². The minimum Gasteiger partial charge on any atom is -0.491 e. The van der Waals surface area contributed by atoms with E-state index in [2.05, 4.69) is 4.98 Å². The van der Waals surface area contributed by atoms with E-state index in [1.54, 1.807) is 36.3 Å². The van der Waals surface area contributed by atoms with Gasteiger partial charge in [-0.2, -0.15) is 0 Å². The molecule has 160 valence electrons. The number of aromatic nitrogens is 2. The van der Waals surface area contributed by atoms with E-state index in [4.69, 9.17) is 9.47 Å². The van der Waals surface area contributed by atoms with E-state index in [1.165, 1.54) is 12.1 Å². The standard InChI is InChI=1S/C21H25FN4O4/c1-24-14-23-10-19(24)21(28)25-8-6-16(7-9-25)26-11-18(30-13-20(26)27)12-29-17-4-2-15(22)3-5-17/h2-5,10,14,16,18H,6-9,11-13H2,1H3. The van der Waals surface area contributed by atoms with Crippen molar-refractivity contribution in [2.45, 2.75) is 25.0 Å². The molecule has 0 aliphatic carbocycles. The first-order valence-corrected chi connectivity index (χ1v) is 10.1. The maximum Gasteiger partial charge on any atom is 0.272 e. The van der Waals surface area contributed by atoms with Gasteiger partial charge in [0, 0.05) is 26.2 Å². The number of halogens is 1. The lowest BCUT2D eigenvalue weighted by Gasteiger charge is -2.42. The summed E-state index contributed by atoms with van der Waals surface area (Å²) in [4.78, 5) is 32.7. The molecule has 0 radical (unpaired) electrons. The van der Waals surface area contributed by atoms with Crippen LogP contribution >= 0.6 is 0 Å². The number of benzene rings is 1. The third-order valence-electron chi connectivity index (χ3n) is 5.64. The number of hydrogen-bond donors (Lipinski definition) is 0. The average Bonchev–Trinajstić information content (AvgIpc) is 3.20. The van der Waals surface area contributed by atoms with Crippen LogP contribution in [-0.2, 0) is 16.6 Å². The van der Waals surface area contributed by atoms with Gasteiger partial charge in [-0.25, -0.2) is 9.37 Å². The van der Waals surface area contributed by atoms with Crippen LogP contribution in [0.5, 0.6) is 5.75 Å². The van der Waals surface area contributed by atoms with E-state index < -0.39 is 0 Å². The first kappa shape index (κ1) is 20.3. The van der Waals surface area contributed by atoms with Gasteiger partial charge in [-0.15, -0.1) is 0 Å². The number of carbonyl (C=O) groups excluding carboxylic acids is 2. The predicted molar refractivity (Wildman–Crippen MR) is 105 cm³/mol. The highest BCUT2D eigenvalue weighted by molar-refractivity contribution is 5.92. The fourth-order valence-corrected chi connectivity index (χ4v) is 3.93. The zero-order chi connectivity index (χ0) is 21.1. The number of hydrogen-bond acceptors (Lipinski definition) is 5. The van der Waals surface area contributed by atoms with Crippen LogP contribution in [0.15, 0.2) is 36.8 Å². The summed E-state index contributed by atoms with van der Waals surface area (Å²) in [7, 11) is 1.80. The molecule has 1 aromatic carbocycles. The van der Waals surface area contributed by atoms with E-state index in [9.17, 15) is 14.0 Å². The van der Waals surface area contributed by atoms with Gasteiger partial charge in [-0.3, -0.25) is 9.59 Å². The van der Waals surface area contributed by atoms with Gasteiger partial charge in [0.2, 0.25) is 5.91 Å². The highest BCUT2D eigenvalue weighted by Gasteiger charge is 2.35. The molecule has 9 heteroatoms. The van der Waals surface area contributed by atoms with E-state index in [-0.39, 0.29) is 43.0 Å². The molecule has 2 aliphatic heterocycles. The van der Waals surface area contributed by atoms with Crippen LogP contribution in [-0.4, -0.2) is 76.2 Å². The summed E-state index contributed by atoms with van der Waals surface area (Å²) in [5.41, 5.74) is 0.564. The van der Waals surface area contributed by atoms with E-state index >= 15 is 0 Å². The Bertz CT molecular complexity index is 893. The first-order valence-electron chi connectivity index (χ1n) is 10.1. The molecule has 2 aliphatic rings. The Morgan fingerprint density at radius 1 is 1.27 bits per heavy atom. The summed E-state index contributed by atoms with van der Waals surface area (Å²) in [5, 5.41) is 0. The summed E-state index contributed by atoms with van der Waals surface area (Å²) in [5.74, 6) is 0.170. The lowest BCUT2D eigenvalue weighted by Crippen LogP contribution is -2.55. The maximum atomic E-state index is 13.0. The van der Waals surface area contributed by atoms with Gasteiger partial charge < -0.3 is 23.8 Å². The highest BCUT2D eigenvalue weighted by atomic mass is 19.1. The maximum absolute atomic E-state index is 13.0. The first-order chi connectivity index (χ1) is 14.5. The molecule has 3 heterocycles. The second kappa shape index (κ2) is 8.83. The van der Waals surface area contributed by atoms with Gasteiger partial charge in [-0.1, -0.05) is 0 Å². The zero-order valence-corrected chi connectivity index (χ0v) is 16.9. The van der Waals surface area contributed by atoms with Crippen molar-refractivity contribution >= 4 is 11.8 Å². The van der Waals surface area contributed by atoms with Crippen LogP contribution < -0.4 is 4.74 Å². The Kier molecular flexibility index (Phi) is 5.98. The molecule has 1 aromatic heterocycles. The Balaban J connectivity index is 1.30. The van der Waals surface area contributed by atoms with Crippen molar-refractivity contribution < 1.29 is 23.5 Å². The number of nitrogens with zero attached hydrogens (tertiary/aromatic N) is 4. The molecular weight excluding hydrogens is 391 g/mol. The third kappa shape index (κ3) is 4.46. The number of imidazole rings is 1. The average molecular weight is 416 g/mol. The molecule has 2 amide bonds. The third-order valence-corrected chi connectivity index (χ3v) is 5.64. The van der Waals surface area contributed by atoms with Crippen LogP contribution in [0.25, 0.3) is 0 Å². The second-order valence-electron chi connectivity index (χ2n) is 7.66. The van der Waals surface area contributed by atoms with Crippen molar-refractivity contribution in [3.63, 3.8) is 0 Å². The topological polar surface area (TPSA) is 76.9 Å². The summed E-state index contributed by atoms with van der Waals surface area (Å²) < 4.78 is 26.0. The van der Waals surface area contributed by atoms with Crippen molar-refractivity contribution in [3.05, 3.63) is 48.3 Å². The monoisotopic (exact) mass is 416 g/mol. The molecule has 2 aromatic rings. The van der Waals surface area contributed by atoms with Crippen molar-refractivity contribution in [2.75, 3.05) is 32.8 Å². The van der Waals surface area contributed by atoms with E-state index in [1.807, 2.05) is 9.80 Å². The lowest BCUT2D eigenvalue weighted by atomic mass is 10.0. The SMILES string of the molecule is Cn1cncc1C(=O)N1CCC(N2CC(COc3ccc(F)cc3)OCC2=O)CC1. The number of likely N-dealkylation sites (tertiary alicyclic amines) is 1. The van der Waals surface area contributed by atoms with Crippen molar-refractivity contribution in [3.8, 4) is 5.75 Å². The molecule has 1 atom stereocenters. The number of rotatable bonds is 5. The molecule has 4 rings (SSSR count). The minimum absolute atomic E-state index is 0.0195. The molecule has 2 fully saturated rings. The largest absolute Gasteiger partial charge is 0.491 e. The van der Waals surface area contributed by atoms with E-state index in [0.29, 0.717) is 31.1 Å². The zero-order valence-electron chi connectivity index (χ0n) is 16.9. The van der Waals surface area contributed by atoms with Crippen molar-refractivity contribution in [1.82, 2.24) is 19.4 Å². The normalized spacial score (nSPS) is 20.5. The summed E-state index contributed by atoms with van der Waals surface area (Å²) >= 11 is 0. The van der Waals surface area contributed by atoms with Crippen LogP contribution in [0.4, 0.5) is 4.39 Å². The molecule has 2 saturated heterocycles. The Hall–Kier alpha value is -2.94. The number of aryl methyl sites for hydroxylation is 1. The van der Waals surface area contributed by atoms with Gasteiger partial charge in [0.1, 0.15) is 36.6 Å². The van der Waals surface area contributed by atoms with Gasteiger partial charge in [0.15, 0.2) is 0 Å². The molecule has 1 unspecified atom stereocenters. The van der Waals surface area contributed by atoms with Crippen LogP contribution in [0.3, 0.4) is 0 Å². The Labute approximate surface area is 174 Å². The van der Waals surface area contributed by atoms with Gasteiger partial charge in [0.05, 0.1) is 19.1 Å². The van der Waals surface area contributed by atoms with Crippen LogP contribution in [0.1, 0.15) is 23.3 Å². The number of morpholine rings is 1. The quantitative estimate of drug-likeness (QED) is 0.738. The lowest BCUT2D eigenvalue weighted by molar-refractivity contribution is -0.155. The molecule has 8 nitrogen and oxygen atoms in total. The van der Waals surface area contributed by atoms with Crippen LogP contribution in [0, 0.1) is 5.82 Å². The second-order valence-corrected chi connectivity index (χ2v) is 7.66. The summed E-state index contributed by atoms with van der Waals surface area (Å²) in [6, 6.07) is 5.89. The summed E-state index contributed by atoms with van der Waals surface area (Å²) in [6.07, 6.45) is 4.38. The highest BCUT2D eigenvalue weighted by Crippen LogP contribution is 2.22. The number of carbonyl (C=O) groups is 2. The number of ether oxygens (including phenoxy) is 2. The van der Waals surface area contributed by atoms with Crippen molar-refractivity contribution in [1.29, 1.82) is 0 Å². The predicted octanol–water partition coefficient (Wildman–Crippen LogP) is 1.47. The summed E-state index contributed by atoms with van der Waals surface area (Å²) in [6.45, 7) is 1.94. The molecule has 0 N–H and O–H groups in total. The molecular formula is C21H25FN4O4. The smallest absolute Gasteiger partial charge is 0.272 e. The fraction of sp³-hybridized carbons (Fsp3) is 0.476. The van der Waals surface area contributed by atoms with Gasteiger partial charge >= 0.3 is 0 Å². The molecule has 0 saturated carbocycles. The van der Waals surface area contributed by atoms with Gasteiger partial charge in [-0.05, 0) is 37.1 Å². The fourth-order valence-electron chi connectivity index (χ4n) is 3.93. The Morgan fingerprint density at radius 2 is 2.00 bits per heavy atom. The minimum atomic E-state index is -0.318. The van der Waals surface area contributed by atoms with Crippen molar-refractivity contribution in [2.24, 2.45) is 7.05 Å². The van der Waals surface area contributed by atoms with E-state index in [0.717, 1.165) is 12.8 Å². The molecule has 0 spiro atoms. The molecule has 0 bridgehead atoms. The Morgan fingerprint density at radius 3 is 2.67 bits per heavy atom.